The van der Waals surface area contributed by atoms with E-state index >= 15 is 0 Å². The fourth-order valence-electron chi connectivity index (χ4n) is 2.44. The van der Waals surface area contributed by atoms with E-state index in [0.717, 1.165) is 17.0 Å². The number of fused-ring (bicyclic) bond motifs is 1. The molecule has 0 saturated heterocycles. The van der Waals surface area contributed by atoms with Crippen molar-refractivity contribution in [2.24, 2.45) is 7.05 Å². The molecule has 0 amide bonds. The number of nitrogens with zero attached hydrogens (tertiary/aromatic N) is 5. The first-order valence-electron chi connectivity index (χ1n) is 6.62. The zero-order chi connectivity index (χ0) is 15.0. The van der Waals surface area contributed by atoms with Crippen molar-refractivity contribution in [1.29, 1.82) is 5.26 Å². The standard InChI is InChI=1S/C15H14ClN5/c1-10(16)15-19-14-11(8-17)4-3-5-13(14)21(15)9-12-6-7-18-20(12)2/h3-7,10H,9H2,1-2H3. The highest BCUT2D eigenvalue weighted by Crippen LogP contribution is 2.27. The molecule has 0 N–H and O–H groups in total. The van der Waals surface area contributed by atoms with E-state index in [0.29, 0.717) is 17.6 Å². The molecule has 0 bridgehead atoms. The van der Waals surface area contributed by atoms with Crippen LogP contribution in [0, 0.1) is 11.3 Å². The van der Waals surface area contributed by atoms with Crippen LogP contribution < -0.4 is 0 Å². The summed E-state index contributed by atoms with van der Waals surface area (Å²) in [5.41, 5.74) is 3.23. The molecule has 1 aromatic carbocycles. The second kappa shape index (κ2) is 5.23. The summed E-state index contributed by atoms with van der Waals surface area (Å²) in [5.74, 6) is 0.760. The van der Waals surface area contributed by atoms with Crippen LogP contribution in [0.25, 0.3) is 11.0 Å². The van der Waals surface area contributed by atoms with Gasteiger partial charge in [0.05, 0.1) is 28.7 Å². The van der Waals surface area contributed by atoms with E-state index in [1.54, 1.807) is 12.3 Å². The van der Waals surface area contributed by atoms with Gasteiger partial charge in [-0.15, -0.1) is 11.6 Å². The second-order valence-corrected chi connectivity index (χ2v) is 5.56. The summed E-state index contributed by atoms with van der Waals surface area (Å²) < 4.78 is 3.87. The van der Waals surface area contributed by atoms with Gasteiger partial charge in [0.15, 0.2) is 0 Å². The van der Waals surface area contributed by atoms with Gasteiger partial charge in [0.25, 0.3) is 0 Å². The summed E-state index contributed by atoms with van der Waals surface area (Å²) >= 11 is 6.27. The van der Waals surface area contributed by atoms with Gasteiger partial charge < -0.3 is 4.57 Å². The van der Waals surface area contributed by atoms with Gasteiger partial charge in [-0.05, 0) is 25.1 Å². The van der Waals surface area contributed by atoms with Gasteiger partial charge in [-0.2, -0.15) is 10.4 Å². The molecule has 6 heteroatoms. The Morgan fingerprint density at radius 1 is 1.38 bits per heavy atom. The number of hydrogen-bond donors (Lipinski definition) is 0. The topological polar surface area (TPSA) is 59.4 Å². The van der Waals surface area contributed by atoms with Crippen molar-refractivity contribution in [3.8, 4) is 6.07 Å². The van der Waals surface area contributed by atoms with Gasteiger partial charge in [0, 0.05) is 13.2 Å². The van der Waals surface area contributed by atoms with Gasteiger partial charge in [-0.25, -0.2) is 4.98 Å². The SMILES string of the molecule is CC(Cl)c1nc2c(C#N)cccc2n1Cc1ccnn1C. The third-order valence-corrected chi connectivity index (χ3v) is 3.72. The van der Waals surface area contributed by atoms with E-state index in [4.69, 9.17) is 11.6 Å². The summed E-state index contributed by atoms with van der Waals surface area (Å²) in [6, 6.07) is 9.74. The Kier molecular flexibility index (Phi) is 3.40. The number of hydrogen-bond acceptors (Lipinski definition) is 3. The minimum absolute atomic E-state index is 0.239. The first kappa shape index (κ1) is 13.7. The molecule has 0 spiro atoms. The molecule has 2 aromatic heterocycles. The highest BCUT2D eigenvalue weighted by molar-refractivity contribution is 6.20. The lowest BCUT2D eigenvalue weighted by Gasteiger charge is -2.10. The number of aromatic nitrogens is 4. The van der Waals surface area contributed by atoms with Gasteiger partial charge in [-0.3, -0.25) is 4.68 Å². The third-order valence-electron chi connectivity index (χ3n) is 3.53. The van der Waals surface area contributed by atoms with Crippen LogP contribution >= 0.6 is 11.6 Å². The Balaban J connectivity index is 2.22. The Bertz CT molecular complexity index is 837. The number of benzene rings is 1. The monoisotopic (exact) mass is 299 g/mol. The molecule has 106 valence electrons. The van der Waals surface area contributed by atoms with Gasteiger partial charge in [-0.1, -0.05) is 6.07 Å². The summed E-state index contributed by atoms with van der Waals surface area (Å²) in [6.45, 7) is 2.50. The Morgan fingerprint density at radius 3 is 2.81 bits per heavy atom. The van der Waals surface area contributed by atoms with Crippen molar-refractivity contribution in [2.45, 2.75) is 18.8 Å². The van der Waals surface area contributed by atoms with E-state index in [-0.39, 0.29) is 5.38 Å². The Hall–Kier alpha value is -2.32. The molecule has 3 aromatic rings. The molecule has 21 heavy (non-hydrogen) atoms. The van der Waals surface area contributed by atoms with E-state index in [1.165, 1.54) is 0 Å². The zero-order valence-electron chi connectivity index (χ0n) is 11.8. The molecule has 0 aliphatic heterocycles. The fraction of sp³-hybridized carbons (Fsp3) is 0.267. The molecular weight excluding hydrogens is 286 g/mol. The van der Waals surface area contributed by atoms with E-state index < -0.39 is 0 Å². The van der Waals surface area contributed by atoms with E-state index in [2.05, 4.69) is 16.2 Å². The summed E-state index contributed by atoms with van der Waals surface area (Å²) in [5, 5.41) is 13.2. The van der Waals surface area contributed by atoms with Crippen LogP contribution in [0.4, 0.5) is 0 Å². The average molecular weight is 300 g/mol. The second-order valence-electron chi connectivity index (χ2n) is 4.90. The van der Waals surface area contributed by atoms with Crippen LogP contribution in [0.15, 0.2) is 30.5 Å². The lowest BCUT2D eigenvalue weighted by Crippen LogP contribution is -2.09. The van der Waals surface area contributed by atoms with Crippen molar-refractivity contribution in [2.75, 3.05) is 0 Å². The van der Waals surface area contributed by atoms with Crippen LogP contribution in [-0.4, -0.2) is 19.3 Å². The maximum atomic E-state index is 9.23. The lowest BCUT2D eigenvalue weighted by atomic mass is 10.2. The molecule has 1 atom stereocenters. The van der Waals surface area contributed by atoms with Crippen molar-refractivity contribution in [3.05, 3.63) is 47.5 Å². The average Bonchev–Trinajstić information content (AvgIpc) is 3.04. The van der Waals surface area contributed by atoms with E-state index in [1.807, 2.05) is 41.4 Å². The van der Waals surface area contributed by atoms with Gasteiger partial charge >= 0.3 is 0 Å². The third kappa shape index (κ3) is 2.28. The minimum atomic E-state index is -0.239. The molecule has 2 heterocycles. The van der Waals surface area contributed by atoms with E-state index in [9.17, 15) is 5.26 Å². The molecule has 3 rings (SSSR count). The zero-order valence-corrected chi connectivity index (χ0v) is 12.5. The smallest absolute Gasteiger partial charge is 0.128 e. The number of imidazole rings is 1. The quantitative estimate of drug-likeness (QED) is 0.699. The van der Waals surface area contributed by atoms with Crippen molar-refractivity contribution >= 4 is 22.6 Å². The highest BCUT2D eigenvalue weighted by Gasteiger charge is 2.17. The summed E-state index contributed by atoms with van der Waals surface area (Å²) in [6.07, 6.45) is 1.76. The number of nitriles is 1. The van der Waals surface area contributed by atoms with Crippen molar-refractivity contribution in [1.82, 2.24) is 19.3 Å². The fourth-order valence-corrected chi connectivity index (χ4v) is 2.61. The molecular formula is C15H14ClN5. The molecule has 5 nitrogen and oxygen atoms in total. The molecule has 0 radical (unpaired) electrons. The largest absolute Gasteiger partial charge is 0.321 e. The Labute approximate surface area is 127 Å². The molecule has 0 aliphatic rings. The predicted molar refractivity (Wildman–Crippen MR) is 81.0 cm³/mol. The van der Waals surface area contributed by atoms with Crippen molar-refractivity contribution < 1.29 is 0 Å². The van der Waals surface area contributed by atoms with Crippen molar-refractivity contribution in [3.63, 3.8) is 0 Å². The maximum absolute atomic E-state index is 9.23. The van der Waals surface area contributed by atoms with Gasteiger partial charge in [0.1, 0.15) is 17.4 Å². The molecule has 0 saturated carbocycles. The molecule has 0 aliphatic carbocycles. The minimum Gasteiger partial charge on any atom is -0.321 e. The summed E-state index contributed by atoms with van der Waals surface area (Å²) in [7, 11) is 1.90. The number of rotatable bonds is 3. The maximum Gasteiger partial charge on any atom is 0.128 e. The number of alkyl halides is 1. The van der Waals surface area contributed by atoms with Crippen LogP contribution in [0.3, 0.4) is 0 Å². The van der Waals surface area contributed by atoms with Crippen LogP contribution in [0.2, 0.25) is 0 Å². The first-order valence-corrected chi connectivity index (χ1v) is 7.05. The number of halogens is 1. The van der Waals surface area contributed by atoms with Gasteiger partial charge in [0.2, 0.25) is 0 Å². The highest BCUT2D eigenvalue weighted by atomic mass is 35.5. The first-order chi connectivity index (χ1) is 10.1. The molecule has 0 fully saturated rings. The number of para-hydroxylation sites is 1. The predicted octanol–water partition coefficient (Wildman–Crippen LogP) is 2.99. The number of aryl methyl sites for hydroxylation is 1. The summed E-state index contributed by atoms with van der Waals surface area (Å²) in [4.78, 5) is 4.57. The van der Waals surface area contributed by atoms with Crippen LogP contribution in [0.1, 0.15) is 29.4 Å². The Morgan fingerprint density at radius 2 is 2.19 bits per heavy atom. The molecule has 1 unspecified atom stereocenters. The lowest BCUT2D eigenvalue weighted by molar-refractivity contribution is 0.654. The van der Waals surface area contributed by atoms with Crippen LogP contribution in [0.5, 0.6) is 0 Å². The normalized spacial score (nSPS) is 12.5. The van der Waals surface area contributed by atoms with Crippen LogP contribution in [-0.2, 0) is 13.6 Å².